The SMILES string of the molecule is CC(CNC(=O)Nc1cccc(S(=O)(=O)N(C)C)c1)c1ccccc1. The van der Waals surface area contributed by atoms with E-state index in [0.29, 0.717) is 12.2 Å². The van der Waals surface area contributed by atoms with Gasteiger partial charge in [-0.2, -0.15) is 0 Å². The molecule has 2 rings (SSSR count). The van der Waals surface area contributed by atoms with Crippen LogP contribution >= 0.6 is 0 Å². The zero-order valence-corrected chi connectivity index (χ0v) is 15.4. The van der Waals surface area contributed by atoms with Crippen LogP contribution in [0.3, 0.4) is 0 Å². The van der Waals surface area contributed by atoms with Gasteiger partial charge in [0.15, 0.2) is 0 Å². The minimum atomic E-state index is -3.54. The Balaban J connectivity index is 1.97. The first-order valence-electron chi connectivity index (χ1n) is 7.93. The smallest absolute Gasteiger partial charge is 0.319 e. The molecule has 0 saturated carbocycles. The standard InChI is InChI=1S/C18H23N3O3S/c1-14(15-8-5-4-6-9-15)13-19-18(22)20-16-10-7-11-17(12-16)25(23,24)21(2)3/h4-12,14H,13H2,1-3H3,(H2,19,20,22). The van der Waals surface area contributed by atoms with Gasteiger partial charge in [-0.1, -0.05) is 43.3 Å². The molecule has 0 spiro atoms. The quantitative estimate of drug-likeness (QED) is 0.830. The summed E-state index contributed by atoms with van der Waals surface area (Å²) >= 11 is 0. The van der Waals surface area contributed by atoms with Crippen molar-refractivity contribution in [2.45, 2.75) is 17.7 Å². The van der Waals surface area contributed by atoms with Crippen molar-refractivity contribution in [1.29, 1.82) is 0 Å². The molecule has 2 N–H and O–H groups in total. The summed E-state index contributed by atoms with van der Waals surface area (Å²) in [4.78, 5) is 12.2. The average molecular weight is 361 g/mol. The number of sulfonamides is 1. The Kier molecular flexibility index (Phi) is 6.17. The van der Waals surface area contributed by atoms with Crippen molar-refractivity contribution >= 4 is 21.7 Å². The fourth-order valence-electron chi connectivity index (χ4n) is 2.27. The van der Waals surface area contributed by atoms with E-state index in [1.165, 1.54) is 26.2 Å². The fraction of sp³-hybridized carbons (Fsp3) is 0.278. The van der Waals surface area contributed by atoms with Crippen molar-refractivity contribution in [3.63, 3.8) is 0 Å². The summed E-state index contributed by atoms with van der Waals surface area (Å²) in [7, 11) is -0.605. The monoisotopic (exact) mass is 361 g/mol. The van der Waals surface area contributed by atoms with E-state index in [4.69, 9.17) is 0 Å². The molecule has 134 valence electrons. The second-order valence-electron chi connectivity index (χ2n) is 5.96. The van der Waals surface area contributed by atoms with Crippen molar-refractivity contribution in [3.8, 4) is 0 Å². The zero-order chi connectivity index (χ0) is 18.4. The maximum Gasteiger partial charge on any atom is 0.319 e. The van der Waals surface area contributed by atoms with Crippen LogP contribution in [-0.2, 0) is 10.0 Å². The van der Waals surface area contributed by atoms with Gasteiger partial charge in [0.25, 0.3) is 0 Å². The van der Waals surface area contributed by atoms with Gasteiger partial charge in [0.2, 0.25) is 10.0 Å². The lowest BCUT2D eigenvalue weighted by molar-refractivity contribution is 0.251. The van der Waals surface area contributed by atoms with E-state index in [9.17, 15) is 13.2 Å². The molecule has 0 saturated heterocycles. The van der Waals surface area contributed by atoms with Gasteiger partial charge in [-0.25, -0.2) is 17.5 Å². The van der Waals surface area contributed by atoms with E-state index >= 15 is 0 Å². The normalized spacial score (nSPS) is 12.6. The number of hydrogen-bond donors (Lipinski definition) is 2. The Labute approximate surface area is 148 Å². The third kappa shape index (κ3) is 5.04. The predicted octanol–water partition coefficient (Wildman–Crippen LogP) is 2.86. The van der Waals surface area contributed by atoms with E-state index in [2.05, 4.69) is 10.6 Å². The Hall–Kier alpha value is -2.38. The zero-order valence-electron chi connectivity index (χ0n) is 14.6. The predicted molar refractivity (Wildman–Crippen MR) is 99.2 cm³/mol. The van der Waals surface area contributed by atoms with E-state index in [0.717, 1.165) is 9.87 Å². The summed E-state index contributed by atoms with van der Waals surface area (Å²) in [5.41, 5.74) is 1.56. The molecule has 0 aromatic heterocycles. The first-order chi connectivity index (χ1) is 11.8. The summed E-state index contributed by atoms with van der Waals surface area (Å²) < 4.78 is 25.4. The maximum absolute atomic E-state index is 12.1. The van der Waals surface area contributed by atoms with Gasteiger partial charge in [0.1, 0.15) is 0 Å². The van der Waals surface area contributed by atoms with E-state index < -0.39 is 10.0 Å². The van der Waals surface area contributed by atoms with Crippen LogP contribution in [0.15, 0.2) is 59.5 Å². The number of nitrogens with zero attached hydrogens (tertiary/aromatic N) is 1. The van der Waals surface area contributed by atoms with Crippen LogP contribution in [-0.4, -0.2) is 39.4 Å². The van der Waals surface area contributed by atoms with Crippen LogP contribution in [0, 0.1) is 0 Å². The lowest BCUT2D eigenvalue weighted by Crippen LogP contribution is -2.31. The highest BCUT2D eigenvalue weighted by Gasteiger charge is 2.17. The second kappa shape index (κ2) is 8.13. The van der Waals surface area contributed by atoms with Crippen LogP contribution in [0.5, 0.6) is 0 Å². The Morgan fingerprint density at radius 1 is 1.08 bits per heavy atom. The number of carbonyl (C=O) groups excluding carboxylic acids is 1. The number of urea groups is 1. The molecular weight excluding hydrogens is 338 g/mol. The summed E-state index contributed by atoms with van der Waals surface area (Å²) in [6.07, 6.45) is 0. The van der Waals surface area contributed by atoms with Crippen LogP contribution in [0.4, 0.5) is 10.5 Å². The van der Waals surface area contributed by atoms with Gasteiger partial charge in [-0.15, -0.1) is 0 Å². The van der Waals surface area contributed by atoms with Crippen molar-refractivity contribution in [3.05, 3.63) is 60.2 Å². The summed E-state index contributed by atoms with van der Waals surface area (Å²) in [6.45, 7) is 2.51. The lowest BCUT2D eigenvalue weighted by atomic mass is 10.0. The highest BCUT2D eigenvalue weighted by Crippen LogP contribution is 2.18. The molecule has 0 radical (unpaired) electrons. The molecular formula is C18H23N3O3S. The van der Waals surface area contributed by atoms with E-state index in [-0.39, 0.29) is 16.8 Å². The topological polar surface area (TPSA) is 78.5 Å². The minimum Gasteiger partial charge on any atom is -0.337 e. The third-order valence-electron chi connectivity index (χ3n) is 3.81. The van der Waals surface area contributed by atoms with E-state index in [1.807, 2.05) is 37.3 Å². The minimum absolute atomic E-state index is 0.132. The molecule has 2 amide bonds. The van der Waals surface area contributed by atoms with Crippen molar-refractivity contribution in [2.75, 3.05) is 26.0 Å². The largest absolute Gasteiger partial charge is 0.337 e. The van der Waals surface area contributed by atoms with Gasteiger partial charge < -0.3 is 10.6 Å². The summed E-state index contributed by atoms with van der Waals surface area (Å²) in [6, 6.07) is 15.7. The summed E-state index contributed by atoms with van der Waals surface area (Å²) in [5, 5.41) is 5.47. The van der Waals surface area contributed by atoms with Gasteiger partial charge in [-0.05, 0) is 29.7 Å². The van der Waals surface area contributed by atoms with Gasteiger partial charge in [0, 0.05) is 26.3 Å². The fourth-order valence-corrected chi connectivity index (χ4v) is 3.21. The molecule has 0 aliphatic carbocycles. The van der Waals surface area contributed by atoms with Gasteiger partial charge >= 0.3 is 6.03 Å². The molecule has 0 fully saturated rings. The first-order valence-corrected chi connectivity index (χ1v) is 9.37. The van der Waals surface area contributed by atoms with Crippen LogP contribution < -0.4 is 10.6 Å². The highest BCUT2D eigenvalue weighted by molar-refractivity contribution is 7.89. The third-order valence-corrected chi connectivity index (χ3v) is 5.62. The number of hydrogen-bond acceptors (Lipinski definition) is 3. The average Bonchev–Trinajstić information content (AvgIpc) is 2.60. The van der Waals surface area contributed by atoms with Crippen LogP contribution in [0.25, 0.3) is 0 Å². The molecule has 0 heterocycles. The molecule has 0 aliphatic rings. The Morgan fingerprint density at radius 3 is 2.40 bits per heavy atom. The van der Waals surface area contributed by atoms with Gasteiger partial charge in [-0.3, -0.25) is 0 Å². The second-order valence-corrected chi connectivity index (χ2v) is 8.11. The number of anilines is 1. The number of rotatable bonds is 6. The summed E-state index contributed by atoms with van der Waals surface area (Å²) in [5.74, 6) is 0.174. The first kappa shape index (κ1) is 19.0. The number of carbonyl (C=O) groups is 1. The molecule has 2 aromatic carbocycles. The number of nitrogens with one attached hydrogen (secondary N) is 2. The van der Waals surface area contributed by atoms with Crippen LogP contribution in [0.1, 0.15) is 18.4 Å². The Morgan fingerprint density at radius 2 is 1.76 bits per heavy atom. The maximum atomic E-state index is 12.1. The van der Waals surface area contributed by atoms with Crippen LogP contribution in [0.2, 0.25) is 0 Å². The van der Waals surface area contributed by atoms with Crippen molar-refractivity contribution < 1.29 is 13.2 Å². The highest BCUT2D eigenvalue weighted by atomic mass is 32.2. The molecule has 0 bridgehead atoms. The molecule has 7 heteroatoms. The number of amides is 2. The van der Waals surface area contributed by atoms with Crippen molar-refractivity contribution in [2.24, 2.45) is 0 Å². The molecule has 0 aliphatic heterocycles. The molecule has 1 unspecified atom stereocenters. The molecule has 1 atom stereocenters. The number of benzene rings is 2. The molecule has 25 heavy (non-hydrogen) atoms. The van der Waals surface area contributed by atoms with Gasteiger partial charge in [0.05, 0.1) is 4.90 Å². The van der Waals surface area contributed by atoms with E-state index in [1.54, 1.807) is 12.1 Å². The lowest BCUT2D eigenvalue weighted by Gasteiger charge is -2.15. The molecule has 2 aromatic rings. The molecule has 6 nitrogen and oxygen atoms in total. The Bertz CT molecular complexity index is 820. The van der Waals surface area contributed by atoms with Crippen molar-refractivity contribution in [1.82, 2.24) is 9.62 Å².